The van der Waals surface area contributed by atoms with Gasteiger partial charge in [0, 0.05) is 23.9 Å². The molecular weight excluding hydrogens is 343 g/mol. The van der Waals surface area contributed by atoms with Crippen LogP contribution in [0.4, 0.5) is 15.8 Å². The second-order valence-corrected chi connectivity index (χ2v) is 5.26. The summed E-state index contributed by atoms with van der Waals surface area (Å²) in [5, 5.41) is 13.2. The standard InChI is InChI=1S/C18H15FN2O5/c1-12(18(23)20-15-3-2-4-16(11-15)21(24)25)26-17(22)10-7-13-5-8-14(19)9-6-13/h2-12H,1H3,(H,20,23)/b10-7+/t12-/m0/s1. The Balaban J connectivity index is 1.91. The summed E-state index contributed by atoms with van der Waals surface area (Å²) in [6, 6.07) is 10.9. The minimum Gasteiger partial charge on any atom is -0.449 e. The molecule has 0 spiro atoms. The molecule has 8 heteroatoms. The second kappa shape index (κ2) is 8.52. The van der Waals surface area contributed by atoms with Gasteiger partial charge in [-0.3, -0.25) is 14.9 Å². The van der Waals surface area contributed by atoms with Gasteiger partial charge in [-0.15, -0.1) is 0 Å². The van der Waals surface area contributed by atoms with Crippen molar-refractivity contribution in [2.75, 3.05) is 5.32 Å². The smallest absolute Gasteiger partial charge is 0.331 e. The van der Waals surface area contributed by atoms with Crippen LogP contribution in [0.1, 0.15) is 12.5 Å². The number of hydrogen-bond donors (Lipinski definition) is 1. The van der Waals surface area contributed by atoms with E-state index >= 15 is 0 Å². The number of anilines is 1. The van der Waals surface area contributed by atoms with E-state index in [0.29, 0.717) is 5.56 Å². The fourth-order valence-electron chi connectivity index (χ4n) is 1.95. The topological polar surface area (TPSA) is 98.5 Å². The van der Waals surface area contributed by atoms with E-state index in [1.807, 2.05) is 0 Å². The van der Waals surface area contributed by atoms with Crippen LogP contribution >= 0.6 is 0 Å². The zero-order chi connectivity index (χ0) is 19.1. The van der Waals surface area contributed by atoms with Crippen molar-refractivity contribution in [3.63, 3.8) is 0 Å². The Morgan fingerprint density at radius 3 is 2.58 bits per heavy atom. The third kappa shape index (κ3) is 5.52. The fraction of sp³-hybridized carbons (Fsp3) is 0.111. The number of rotatable bonds is 6. The maximum atomic E-state index is 12.8. The van der Waals surface area contributed by atoms with Gasteiger partial charge >= 0.3 is 5.97 Å². The molecule has 0 aliphatic carbocycles. The Labute approximate surface area is 148 Å². The minimum absolute atomic E-state index is 0.172. The Morgan fingerprint density at radius 1 is 1.23 bits per heavy atom. The zero-order valence-electron chi connectivity index (χ0n) is 13.7. The molecule has 26 heavy (non-hydrogen) atoms. The van der Waals surface area contributed by atoms with Crippen LogP contribution in [0.5, 0.6) is 0 Å². The number of esters is 1. The third-order valence-corrected chi connectivity index (χ3v) is 3.27. The van der Waals surface area contributed by atoms with Crippen molar-refractivity contribution in [2.45, 2.75) is 13.0 Å². The quantitative estimate of drug-likeness (QED) is 0.370. The Morgan fingerprint density at radius 2 is 1.92 bits per heavy atom. The molecule has 2 aromatic rings. The van der Waals surface area contributed by atoms with Crippen LogP contribution in [0.2, 0.25) is 0 Å². The number of carbonyl (C=O) groups is 2. The number of halogens is 1. The molecule has 1 atom stereocenters. The van der Waals surface area contributed by atoms with E-state index in [4.69, 9.17) is 4.74 Å². The molecule has 0 saturated heterocycles. The van der Waals surface area contributed by atoms with Crippen molar-refractivity contribution in [3.8, 4) is 0 Å². The van der Waals surface area contributed by atoms with E-state index < -0.39 is 28.7 Å². The van der Waals surface area contributed by atoms with E-state index in [2.05, 4.69) is 5.32 Å². The summed E-state index contributed by atoms with van der Waals surface area (Å²) in [7, 11) is 0. The Hall–Kier alpha value is -3.55. The largest absolute Gasteiger partial charge is 0.449 e. The van der Waals surface area contributed by atoms with Crippen molar-refractivity contribution < 1.29 is 23.6 Å². The maximum absolute atomic E-state index is 12.8. The van der Waals surface area contributed by atoms with Crippen LogP contribution in [0.3, 0.4) is 0 Å². The number of ether oxygens (including phenoxy) is 1. The maximum Gasteiger partial charge on any atom is 0.331 e. The lowest BCUT2D eigenvalue weighted by atomic mass is 10.2. The number of benzene rings is 2. The number of carbonyl (C=O) groups excluding carboxylic acids is 2. The van der Waals surface area contributed by atoms with Crippen LogP contribution in [-0.4, -0.2) is 22.9 Å². The molecule has 0 saturated carbocycles. The van der Waals surface area contributed by atoms with Gasteiger partial charge in [0.05, 0.1) is 4.92 Å². The van der Waals surface area contributed by atoms with Crippen molar-refractivity contribution in [3.05, 3.63) is 76.1 Å². The highest BCUT2D eigenvalue weighted by molar-refractivity contribution is 5.96. The molecule has 134 valence electrons. The van der Waals surface area contributed by atoms with Gasteiger partial charge < -0.3 is 10.1 Å². The lowest BCUT2D eigenvalue weighted by Gasteiger charge is -2.12. The molecule has 0 aromatic heterocycles. The Bertz CT molecular complexity index is 849. The summed E-state index contributed by atoms with van der Waals surface area (Å²) in [5.41, 5.74) is 0.640. The Kier molecular flexibility index (Phi) is 6.15. The predicted molar refractivity (Wildman–Crippen MR) is 92.7 cm³/mol. The van der Waals surface area contributed by atoms with Crippen molar-refractivity contribution in [1.29, 1.82) is 0 Å². The molecule has 2 aromatic carbocycles. The molecule has 0 unspecified atom stereocenters. The summed E-state index contributed by atoms with van der Waals surface area (Å²) in [4.78, 5) is 33.9. The lowest BCUT2D eigenvalue weighted by molar-refractivity contribution is -0.384. The number of amides is 1. The van der Waals surface area contributed by atoms with Gasteiger partial charge in [-0.05, 0) is 36.8 Å². The lowest BCUT2D eigenvalue weighted by Crippen LogP contribution is -2.29. The first-order chi connectivity index (χ1) is 12.3. The van der Waals surface area contributed by atoms with Crippen LogP contribution in [0, 0.1) is 15.9 Å². The van der Waals surface area contributed by atoms with Crippen molar-refractivity contribution in [2.24, 2.45) is 0 Å². The fourth-order valence-corrected chi connectivity index (χ4v) is 1.95. The molecular formula is C18H15FN2O5. The van der Waals surface area contributed by atoms with Gasteiger partial charge in [0.15, 0.2) is 6.10 Å². The first-order valence-electron chi connectivity index (χ1n) is 7.55. The first kappa shape index (κ1) is 18.8. The molecule has 0 heterocycles. The number of nitrogens with one attached hydrogen (secondary N) is 1. The molecule has 0 aliphatic heterocycles. The molecule has 2 rings (SSSR count). The highest BCUT2D eigenvalue weighted by atomic mass is 19.1. The number of nitro benzene ring substituents is 1. The molecule has 7 nitrogen and oxygen atoms in total. The normalized spacial score (nSPS) is 11.8. The molecule has 1 N–H and O–H groups in total. The van der Waals surface area contributed by atoms with Gasteiger partial charge in [0.2, 0.25) is 0 Å². The van der Waals surface area contributed by atoms with Gasteiger partial charge in [-0.25, -0.2) is 9.18 Å². The minimum atomic E-state index is -1.11. The number of non-ortho nitro benzene ring substituents is 1. The van der Waals surface area contributed by atoms with Gasteiger partial charge in [-0.2, -0.15) is 0 Å². The zero-order valence-corrected chi connectivity index (χ0v) is 13.7. The predicted octanol–water partition coefficient (Wildman–Crippen LogP) is 3.32. The summed E-state index contributed by atoms with van der Waals surface area (Å²) in [6.07, 6.45) is 1.43. The van der Waals surface area contributed by atoms with Crippen LogP contribution in [-0.2, 0) is 14.3 Å². The van der Waals surface area contributed by atoms with Crippen molar-refractivity contribution in [1.82, 2.24) is 0 Å². The van der Waals surface area contributed by atoms with Crippen LogP contribution < -0.4 is 5.32 Å². The number of nitrogens with zero attached hydrogens (tertiary/aromatic N) is 1. The van der Waals surface area contributed by atoms with E-state index in [0.717, 1.165) is 6.08 Å². The summed E-state index contributed by atoms with van der Waals surface area (Å²) in [5.74, 6) is -1.78. The molecule has 0 fully saturated rings. The van der Waals surface area contributed by atoms with Gasteiger partial charge in [0.1, 0.15) is 5.82 Å². The SMILES string of the molecule is C[C@H](OC(=O)/C=C/c1ccc(F)cc1)C(=O)Nc1cccc([N+](=O)[O-])c1. The van der Waals surface area contributed by atoms with Gasteiger partial charge in [0.25, 0.3) is 11.6 Å². The highest BCUT2D eigenvalue weighted by Gasteiger charge is 2.17. The second-order valence-electron chi connectivity index (χ2n) is 5.26. The van der Waals surface area contributed by atoms with Crippen LogP contribution in [0.15, 0.2) is 54.6 Å². The van der Waals surface area contributed by atoms with E-state index in [9.17, 15) is 24.1 Å². The van der Waals surface area contributed by atoms with E-state index in [-0.39, 0.29) is 11.4 Å². The first-order valence-corrected chi connectivity index (χ1v) is 7.55. The number of hydrogen-bond acceptors (Lipinski definition) is 5. The summed E-state index contributed by atoms with van der Waals surface area (Å²) < 4.78 is 17.8. The average Bonchev–Trinajstić information content (AvgIpc) is 2.61. The van der Waals surface area contributed by atoms with Gasteiger partial charge in [-0.1, -0.05) is 18.2 Å². The third-order valence-electron chi connectivity index (χ3n) is 3.27. The highest BCUT2D eigenvalue weighted by Crippen LogP contribution is 2.17. The van der Waals surface area contributed by atoms with E-state index in [1.165, 1.54) is 61.5 Å². The summed E-state index contributed by atoms with van der Waals surface area (Å²) in [6.45, 7) is 1.37. The average molecular weight is 358 g/mol. The monoisotopic (exact) mass is 358 g/mol. The molecule has 0 radical (unpaired) electrons. The number of nitro groups is 1. The molecule has 0 bridgehead atoms. The van der Waals surface area contributed by atoms with E-state index in [1.54, 1.807) is 0 Å². The summed E-state index contributed by atoms with van der Waals surface area (Å²) >= 11 is 0. The van der Waals surface area contributed by atoms with Crippen LogP contribution in [0.25, 0.3) is 6.08 Å². The molecule has 1 amide bonds. The van der Waals surface area contributed by atoms with Crippen molar-refractivity contribution >= 4 is 29.3 Å². The molecule has 0 aliphatic rings.